The first kappa shape index (κ1) is 9.67. The van der Waals surface area contributed by atoms with Crippen molar-refractivity contribution in [2.45, 2.75) is 13.0 Å². The smallest absolute Gasteiger partial charge is 0.325 e. The van der Waals surface area contributed by atoms with E-state index in [2.05, 4.69) is 0 Å². The van der Waals surface area contributed by atoms with E-state index in [1.807, 2.05) is 0 Å². The molecule has 0 aromatic heterocycles. The van der Waals surface area contributed by atoms with E-state index in [-0.39, 0.29) is 5.82 Å². The maximum Gasteiger partial charge on any atom is 0.325 e. The minimum atomic E-state index is -1.12. The zero-order valence-electron chi connectivity index (χ0n) is 7.12. The van der Waals surface area contributed by atoms with Crippen molar-refractivity contribution in [1.29, 1.82) is 0 Å². The van der Waals surface area contributed by atoms with E-state index in [4.69, 9.17) is 10.8 Å². The number of benzene rings is 1. The van der Waals surface area contributed by atoms with Gasteiger partial charge in [0.05, 0.1) is 0 Å². The van der Waals surface area contributed by atoms with E-state index in [0.717, 1.165) is 0 Å². The molecule has 1 aromatic carbocycles. The summed E-state index contributed by atoms with van der Waals surface area (Å²) < 4.78 is 12.6. The molecular weight excluding hydrogens is 173 g/mol. The topological polar surface area (TPSA) is 63.3 Å². The fraction of sp³-hybridized carbons (Fsp3) is 0.222. The van der Waals surface area contributed by atoms with Crippen LogP contribution in [-0.4, -0.2) is 11.1 Å². The molecule has 1 aromatic rings. The third kappa shape index (κ3) is 2.03. The summed E-state index contributed by atoms with van der Waals surface area (Å²) in [5.41, 5.74) is 6.36. The van der Waals surface area contributed by atoms with Gasteiger partial charge in [-0.05, 0) is 30.2 Å². The molecule has 70 valence electrons. The highest BCUT2D eigenvalue weighted by Crippen LogP contribution is 2.16. The number of carbonyl (C=O) groups is 1. The van der Waals surface area contributed by atoms with Gasteiger partial charge in [-0.2, -0.15) is 0 Å². The number of carboxylic acid groups (broad SMARTS) is 1. The minimum absolute atomic E-state index is 0.390. The molecule has 0 bridgehead atoms. The van der Waals surface area contributed by atoms with Crippen LogP contribution in [0.2, 0.25) is 0 Å². The molecule has 0 amide bonds. The van der Waals surface area contributed by atoms with Crippen LogP contribution in [-0.2, 0) is 4.79 Å². The Kier molecular flexibility index (Phi) is 2.63. The Morgan fingerprint density at radius 3 is 2.69 bits per heavy atom. The predicted molar refractivity (Wildman–Crippen MR) is 45.7 cm³/mol. The fourth-order valence-electron chi connectivity index (χ4n) is 1.12. The van der Waals surface area contributed by atoms with Crippen LogP contribution in [0, 0.1) is 12.7 Å². The van der Waals surface area contributed by atoms with Crippen LogP contribution in [0.5, 0.6) is 0 Å². The molecule has 0 unspecified atom stereocenters. The zero-order chi connectivity index (χ0) is 10.0. The molecule has 0 fully saturated rings. The Balaban J connectivity index is 3.08. The van der Waals surface area contributed by atoms with E-state index in [9.17, 15) is 9.18 Å². The monoisotopic (exact) mass is 183 g/mol. The maximum absolute atomic E-state index is 12.6. The van der Waals surface area contributed by atoms with E-state index in [1.54, 1.807) is 6.92 Å². The number of hydrogen-bond donors (Lipinski definition) is 2. The van der Waals surface area contributed by atoms with Crippen LogP contribution in [0.15, 0.2) is 18.2 Å². The lowest BCUT2D eigenvalue weighted by Crippen LogP contribution is -2.21. The molecule has 0 spiro atoms. The molecule has 0 saturated heterocycles. The lowest BCUT2D eigenvalue weighted by Gasteiger charge is -2.09. The average Bonchev–Trinajstić information content (AvgIpc) is 2.03. The van der Waals surface area contributed by atoms with E-state index in [1.165, 1.54) is 18.2 Å². The van der Waals surface area contributed by atoms with Crippen LogP contribution >= 0.6 is 0 Å². The normalized spacial score (nSPS) is 12.5. The van der Waals surface area contributed by atoms with Crippen LogP contribution in [0.1, 0.15) is 17.2 Å². The van der Waals surface area contributed by atoms with Gasteiger partial charge >= 0.3 is 5.97 Å². The molecule has 0 aliphatic carbocycles. The molecule has 0 saturated carbocycles. The number of aliphatic carboxylic acids is 1. The van der Waals surface area contributed by atoms with E-state index in [0.29, 0.717) is 11.1 Å². The van der Waals surface area contributed by atoms with Crippen molar-refractivity contribution in [2.75, 3.05) is 0 Å². The molecule has 1 atom stereocenters. The first-order valence-corrected chi connectivity index (χ1v) is 3.77. The number of hydrogen-bond acceptors (Lipinski definition) is 2. The Morgan fingerprint density at radius 1 is 1.62 bits per heavy atom. The van der Waals surface area contributed by atoms with Crippen molar-refractivity contribution in [2.24, 2.45) is 5.73 Å². The van der Waals surface area contributed by atoms with Crippen molar-refractivity contribution in [3.05, 3.63) is 35.1 Å². The van der Waals surface area contributed by atoms with E-state index >= 15 is 0 Å². The predicted octanol–water partition coefficient (Wildman–Crippen LogP) is 1.22. The lowest BCUT2D eigenvalue weighted by molar-refractivity contribution is -0.138. The first-order valence-electron chi connectivity index (χ1n) is 3.77. The summed E-state index contributed by atoms with van der Waals surface area (Å²) in [6.07, 6.45) is 0. The summed E-state index contributed by atoms with van der Waals surface area (Å²) in [5, 5.41) is 8.61. The van der Waals surface area contributed by atoms with Gasteiger partial charge in [0.1, 0.15) is 11.9 Å². The molecule has 3 nitrogen and oxygen atoms in total. The van der Waals surface area contributed by atoms with Crippen molar-refractivity contribution in [3.8, 4) is 0 Å². The highest BCUT2D eigenvalue weighted by atomic mass is 19.1. The van der Waals surface area contributed by atoms with Gasteiger partial charge in [-0.3, -0.25) is 4.79 Å². The van der Waals surface area contributed by atoms with Gasteiger partial charge in [-0.1, -0.05) is 6.07 Å². The van der Waals surface area contributed by atoms with Gasteiger partial charge in [0.15, 0.2) is 0 Å². The van der Waals surface area contributed by atoms with Gasteiger partial charge in [-0.15, -0.1) is 0 Å². The Labute approximate surface area is 75.0 Å². The van der Waals surface area contributed by atoms with Crippen molar-refractivity contribution in [1.82, 2.24) is 0 Å². The second-order valence-corrected chi connectivity index (χ2v) is 2.82. The molecule has 13 heavy (non-hydrogen) atoms. The summed E-state index contributed by atoms with van der Waals surface area (Å²) in [4.78, 5) is 10.5. The number of aryl methyl sites for hydroxylation is 1. The van der Waals surface area contributed by atoms with Crippen LogP contribution in [0.25, 0.3) is 0 Å². The van der Waals surface area contributed by atoms with Gasteiger partial charge < -0.3 is 10.8 Å². The third-order valence-corrected chi connectivity index (χ3v) is 1.83. The number of halogens is 1. The summed E-state index contributed by atoms with van der Waals surface area (Å²) in [6, 6.07) is 2.77. The van der Waals surface area contributed by atoms with Gasteiger partial charge in [0.2, 0.25) is 0 Å². The average molecular weight is 183 g/mol. The minimum Gasteiger partial charge on any atom is -0.480 e. The first-order chi connectivity index (χ1) is 6.02. The molecule has 0 aliphatic heterocycles. The van der Waals surface area contributed by atoms with Crippen molar-refractivity contribution in [3.63, 3.8) is 0 Å². The maximum atomic E-state index is 12.6. The second kappa shape index (κ2) is 3.53. The SMILES string of the molecule is Cc1cc(F)ccc1[C@@H](N)C(=O)O. The summed E-state index contributed by atoms with van der Waals surface area (Å²) in [5.74, 6) is -1.51. The van der Waals surface area contributed by atoms with Crippen LogP contribution in [0.4, 0.5) is 4.39 Å². The van der Waals surface area contributed by atoms with Gasteiger partial charge in [0, 0.05) is 0 Å². The fourth-order valence-corrected chi connectivity index (χ4v) is 1.12. The Hall–Kier alpha value is -1.42. The molecule has 0 heterocycles. The van der Waals surface area contributed by atoms with Crippen molar-refractivity contribution < 1.29 is 14.3 Å². The second-order valence-electron chi connectivity index (χ2n) is 2.82. The Bertz CT molecular complexity index is 338. The van der Waals surface area contributed by atoms with Crippen LogP contribution in [0.3, 0.4) is 0 Å². The lowest BCUT2D eigenvalue weighted by atomic mass is 10.0. The molecule has 4 heteroatoms. The number of nitrogens with two attached hydrogens (primary N) is 1. The molecule has 0 aliphatic rings. The molecular formula is C9H10FNO2. The third-order valence-electron chi connectivity index (χ3n) is 1.83. The standard InChI is InChI=1S/C9H10FNO2/c1-5-4-6(10)2-3-7(5)8(11)9(12)13/h2-4,8H,11H2,1H3,(H,12,13)/t8-/m1/s1. The Morgan fingerprint density at radius 2 is 2.23 bits per heavy atom. The zero-order valence-corrected chi connectivity index (χ0v) is 7.12. The molecule has 3 N–H and O–H groups in total. The summed E-state index contributed by atoms with van der Waals surface area (Å²) >= 11 is 0. The number of rotatable bonds is 2. The quantitative estimate of drug-likeness (QED) is 0.724. The molecule has 0 radical (unpaired) electrons. The largest absolute Gasteiger partial charge is 0.480 e. The summed E-state index contributed by atoms with van der Waals surface area (Å²) in [7, 11) is 0. The van der Waals surface area contributed by atoms with Crippen LogP contribution < -0.4 is 5.73 Å². The van der Waals surface area contributed by atoms with Crippen molar-refractivity contribution >= 4 is 5.97 Å². The molecule has 1 rings (SSSR count). The van der Waals surface area contributed by atoms with E-state index < -0.39 is 12.0 Å². The highest BCUT2D eigenvalue weighted by Gasteiger charge is 2.16. The van der Waals surface area contributed by atoms with Gasteiger partial charge in [0.25, 0.3) is 0 Å². The highest BCUT2D eigenvalue weighted by molar-refractivity contribution is 5.75. The number of carboxylic acids is 1. The summed E-state index contributed by atoms with van der Waals surface area (Å²) in [6.45, 7) is 1.63. The van der Waals surface area contributed by atoms with Gasteiger partial charge in [-0.25, -0.2) is 4.39 Å².